The number of ether oxygens (including phenoxy) is 1. The molecule has 0 fully saturated rings. The molecule has 0 bridgehead atoms. The van der Waals surface area contributed by atoms with Crippen molar-refractivity contribution in [1.29, 1.82) is 0 Å². The van der Waals surface area contributed by atoms with Gasteiger partial charge in [-0.25, -0.2) is 9.97 Å². The third-order valence-electron chi connectivity index (χ3n) is 2.10. The average molecular weight is 209 g/mol. The maximum Gasteiger partial charge on any atom is 0.131 e. The summed E-state index contributed by atoms with van der Waals surface area (Å²) >= 11 is 0. The average Bonchev–Trinajstić information content (AvgIpc) is 2.18. The molecule has 1 rings (SSSR count). The van der Waals surface area contributed by atoms with Gasteiger partial charge in [0.1, 0.15) is 11.6 Å². The minimum absolute atomic E-state index is 0.570. The van der Waals surface area contributed by atoms with E-state index in [0.29, 0.717) is 5.82 Å². The van der Waals surface area contributed by atoms with Gasteiger partial charge in [-0.3, -0.25) is 0 Å². The van der Waals surface area contributed by atoms with Crippen molar-refractivity contribution in [2.24, 2.45) is 0 Å². The van der Waals surface area contributed by atoms with Crippen LogP contribution in [0.1, 0.15) is 31.3 Å². The van der Waals surface area contributed by atoms with Crippen molar-refractivity contribution in [3.8, 4) is 0 Å². The maximum atomic E-state index is 5.71. The van der Waals surface area contributed by atoms with Crippen molar-refractivity contribution in [3.63, 3.8) is 0 Å². The summed E-state index contributed by atoms with van der Waals surface area (Å²) in [6.07, 6.45) is 3.80. The molecular weight excluding hydrogens is 190 g/mol. The third kappa shape index (κ3) is 4.25. The van der Waals surface area contributed by atoms with Gasteiger partial charge in [-0.05, 0) is 12.8 Å². The van der Waals surface area contributed by atoms with Gasteiger partial charge in [0.2, 0.25) is 0 Å². The zero-order valence-corrected chi connectivity index (χ0v) is 9.49. The van der Waals surface area contributed by atoms with Crippen molar-refractivity contribution in [2.45, 2.75) is 32.6 Å². The Hall–Kier alpha value is -1.16. The van der Waals surface area contributed by atoms with Gasteiger partial charge in [-0.1, -0.05) is 13.3 Å². The Bertz CT molecular complexity index is 302. The molecule has 15 heavy (non-hydrogen) atoms. The Balaban J connectivity index is 2.62. The number of aromatic nitrogens is 2. The Kier molecular flexibility index (Phi) is 5.04. The SMILES string of the molecule is CCCc1cc(N)nc(CCCOC)n1. The molecule has 0 aliphatic heterocycles. The number of rotatable bonds is 6. The van der Waals surface area contributed by atoms with Crippen LogP contribution in [-0.4, -0.2) is 23.7 Å². The number of anilines is 1. The standard InChI is InChI=1S/C11H19N3O/c1-3-5-9-8-10(12)14-11(13-9)6-4-7-15-2/h8H,3-7H2,1-2H3,(H2,12,13,14). The molecule has 0 spiro atoms. The van der Waals surface area contributed by atoms with E-state index in [4.69, 9.17) is 10.5 Å². The summed E-state index contributed by atoms with van der Waals surface area (Å²) in [5, 5.41) is 0. The molecule has 1 aromatic rings. The predicted octanol–water partition coefficient (Wildman–Crippen LogP) is 1.59. The first-order valence-electron chi connectivity index (χ1n) is 5.37. The van der Waals surface area contributed by atoms with Gasteiger partial charge < -0.3 is 10.5 Å². The molecule has 0 aromatic carbocycles. The number of nitrogens with zero attached hydrogens (tertiary/aromatic N) is 2. The number of nitrogen functional groups attached to an aromatic ring is 1. The first-order valence-corrected chi connectivity index (χ1v) is 5.37. The van der Waals surface area contributed by atoms with Crippen molar-refractivity contribution in [1.82, 2.24) is 9.97 Å². The molecule has 0 aliphatic carbocycles. The summed E-state index contributed by atoms with van der Waals surface area (Å²) in [5.74, 6) is 1.40. The van der Waals surface area contributed by atoms with Crippen molar-refractivity contribution < 1.29 is 4.74 Å². The second kappa shape index (κ2) is 6.35. The summed E-state index contributed by atoms with van der Waals surface area (Å²) < 4.78 is 4.98. The van der Waals surface area contributed by atoms with Crippen LogP contribution in [-0.2, 0) is 17.6 Å². The first-order chi connectivity index (χ1) is 7.26. The van der Waals surface area contributed by atoms with Crippen molar-refractivity contribution >= 4 is 5.82 Å². The van der Waals surface area contributed by atoms with Crippen molar-refractivity contribution in [2.75, 3.05) is 19.5 Å². The summed E-state index contributed by atoms with van der Waals surface area (Å²) in [6.45, 7) is 2.87. The lowest BCUT2D eigenvalue weighted by atomic mass is 10.2. The highest BCUT2D eigenvalue weighted by Gasteiger charge is 2.02. The van der Waals surface area contributed by atoms with Gasteiger partial charge in [-0.2, -0.15) is 0 Å². The fourth-order valence-electron chi connectivity index (χ4n) is 1.45. The molecule has 4 heteroatoms. The number of hydrogen-bond donors (Lipinski definition) is 1. The number of nitrogens with two attached hydrogens (primary N) is 1. The molecule has 84 valence electrons. The van der Waals surface area contributed by atoms with E-state index in [1.54, 1.807) is 7.11 Å². The van der Waals surface area contributed by atoms with Gasteiger partial charge in [0.15, 0.2) is 0 Å². The molecule has 0 atom stereocenters. The molecule has 0 saturated carbocycles. The Labute approximate surface area is 90.9 Å². The van der Waals surface area contributed by atoms with Crippen LogP contribution >= 0.6 is 0 Å². The summed E-state index contributed by atoms with van der Waals surface area (Å²) in [5.41, 5.74) is 6.75. The van der Waals surface area contributed by atoms with Crippen LogP contribution in [0.3, 0.4) is 0 Å². The molecule has 0 saturated heterocycles. The van der Waals surface area contributed by atoms with E-state index in [2.05, 4.69) is 16.9 Å². The zero-order valence-electron chi connectivity index (χ0n) is 9.49. The molecule has 0 unspecified atom stereocenters. The monoisotopic (exact) mass is 209 g/mol. The minimum Gasteiger partial charge on any atom is -0.385 e. The largest absolute Gasteiger partial charge is 0.385 e. The molecule has 4 nitrogen and oxygen atoms in total. The van der Waals surface area contributed by atoms with E-state index in [1.807, 2.05) is 6.07 Å². The van der Waals surface area contributed by atoms with E-state index in [9.17, 15) is 0 Å². The van der Waals surface area contributed by atoms with Crippen molar-refractivity contribution in [3.05, 3.63) is 17.6 Å². The Morgan fingerprint density at radius 2 is 2.13 bits per heavy atom. The van der Waals surface area contributed by atoms with Gasteiger partial charge in [0, 0.05) is 31.9 Å². The number of methoxy groups -OCH3 is 1. The van der Waals surface area contributed by atoms with Gasteiger partial charge in [0.25, 0.3) is 0 Å². The quantitative estimate of drug-likeness (QED) is 0.723. The Morgan fingerprint density at radius 3 is 2.80 bits per heavy atom. The van der Waals surface area contributed by atoms with Crippen LogP contribution in [0.5, 0.6) is 0 Å². The first kappa shape index (κ1) is 11.9. The smallest absolute Gasteiger partial charge is 0.131 e. The zero-order chi connectivity index (χ0) is 11.1. The molecule has 1 aromatic heterocycles. The highest BCUT2D eigenvalue weighted by atomic mass is 16.5. The van der Waals surface area contributed by atoms with Gasteiger partial charge >= 0.3 is 0 Å². The minimum atomic E-state index is 0.570. The van der Waals surface area contributed by atoms with Crippen LogP contribution in [0.4, 0.5) is 5.82 Å². The van der Waals surface area contributed by atoms with Gasteiger partial charge in [-0.15, -0.1) is 0 Å². The molecule has 1 heterocycles. The highest BCUT2D eigenvalue weighted by Crippen LogP contribution is 2.07. The summed E-state index contributed by atoms with van der Waals surface area (Å²) in [7, 11) is 1.70. The lowest BCUT2D eigenvalue weighted by Gasteiger charge is -2.04. The van der Waals surface area contributed by atoms with Gasteiger partial charge in [0.05, 0.1) is 0 Å². The van der Waals surface area contributed by atoms with Crippen LogP contribution in [0.15, 0.2) is 6.07 Å². The fraction of sp³-hybridized carbons (Fsp3) is 0.636. The maximum absolute atomic E-state index is 5.71. The van der Waals surface area contributed by atoms with E-state index in [0.717, 1.165) is 43.8 Å². The topological polar surface area (TPSA) is 61.0 Å². The van der Waals surface area contributed by atoms with Crippen LogP contribution in [0, 0.1) is 0 Å². The molecule has 0 radical (unpaired) electrons. The normalized spacial score (nSPS) is 10.5. The van der Waals surface area contributed by atoms with Crippen LogP contribution in [0.2, 0.25) is 0 Å². The molecule has 0 aliphatic rings. The second-order valence-electron chi connectivity index (χ2n) is 3.55. The number of aryl methyl sites for hydroxylation is 2. The van der Waals surface area contributed by atoms with Crippen LogP contribution in [0.25, 0.3) is 0 Å². The summed E-state index contributed by atoms with van der Waals surface area (Å²) in [6, 6.07) is 1.85. The molecular formula is C11H19N3O. The molecule has 2 N–H and O–H groups in total. The summed E-state index contributed by atoms with van der Waals surface area (Å²) in [4.78, 5) is 8.65. The predicted molar refractivity (Wildman–Crippen MR) is 60.6 cm³/mol. The van der Waals surface area contributed by atoms with E-state index < -0.39 is 0 Å². The second-order valence-corrected chi connectivity index (χ2v) is 3.55. The number of hydrogen-bond acceptors (Lipinski definition) is 4. The van der Waals surface area contributed by atoms with E-state index >= 15 is 0 Å². The third-order valence-corrected chi connectivity index (χ3v) is 2.10. The van der Waals surface area contributed by atoms with E-state index in [-0.39, 0.29) is 0 Å². The van der Waals surface area contributed by atoms with Crippen LogP contribution < -0.4 is 5.73 Å². The fourth-order valence-corrected chi connectivity index (χ4v) is 1.45. The molecule has 0 amide bonds. The lowest BCUT2D eigenvalue weighted by molar-refractivity contribution is 0.194. The Morgan fingerprint density at radius 1 is 1.33 bits per heavy atom. The lowest BCUT2D eigenvalue weighted by Crippen LogP contribution is -2.04. The highest BCUT2D eigenvalue weighted by molar-refractivity contribution is 5.29. The van der Waals surface area contributed by atoms with E-state index in [1.165, 1.54) is 0 Å².